The van der Waals surface area contributed by atoms with Gasteiger partial charge in [-0.1, -0.05) is 0 Å². The van der Waals surface area contributed by atoms with Gasteiger partial charge in [0, 0.05) is 19.5 Å². The Hall–Kier alpha value is -1.17. The first kappa shape index (κ1) is 12.8. The lowest BCUT2D eigenvalue weighted by molar-refractivity contribution is 0.0239. The number of amides is 1. The molecule has 0 rings (SSSR count). The summed E-state index contributed by atoms with van der Waals surface area (Å²) >= 11 is 0. The van der Waals surface area contributed by atoms with Gasteiger partial charge in [-0.3, -0.25) is 0 Å². The molecular formula is C11H19NO2. The van der Waals surface area contributed by atoms with Gasteiger partial charge in [0.15, 0.2) is 0 Å². The second-order valence-corrected chi connectivity index (χ2v) is 4.35. The summed E-state index contributed by atoms with van der Waals surface area (Å²) in [6.45, 7) is 7.41. The van der Waals surface area contributed by atoms with Crippen molar-refractivity contribution in [2.24, 2.45) is 0 Å². The van der Waals surface area contributed by atoms with Crippen molar-refractivity contribution in [3.63, 3.8) is 0 Å². The molecule has 0 aromatic heterocycles. The second kappa shape index (κ2) is 4.90. The average Bonchev–Trinajstić information content (AvgIpc) is 2.00. The van der Waals surface area contributed by atoms with Crippen LogP contribution in [-0.4, -0.2) is 29.7 Å². The smallest absolute Gasteiger partial charge is 0.410 e. The van der Waals surface area contributed by atoms with Gasteiger partial charge in [-0.2, -0.15) is 0 Å². The maximum atomic E-state index is 11.5. The minimum absolute atomic E-state index is 0.00912. The summed E-state index contributed by atoms with van der Waals surface area (Å²) in [7, 11) is 1.69. The lowest BCUT2D eigenvalue weighted by atomic mass is 10.2. The monoisotopic (exact) mass is 197 g/mol. The summed E-state index contributed by atoms with van der Waals surface area (Å²) in [6, 6.07) is 0.00912. The van der Waals surface area contributed by atoms with Crippen LogP contribution in [-0.2, 0) is 4.74 Å². The molecule has 1 unspecified atom stereocenters. The maximum Gasteiger partial charge on any atom is 0.410 e. The highest BCUT2D eigenvalue weighted by atomic mass is 16.6. The van der Waals surface area contributed by atoms with E-state index in [4.69, 9.17) is 11.2 Å². The van der Waals surface area contributed by atoms with Crippen molar-refractivity contribution in [1.29, 1.82) is 0 Å². The molecule has 0 aliphatic carbocycles. The molecule has 80 valence electrons. The van der Waals surface area contributed by atoms with E-state index in [-0.39, 0.29) is 12.1 Å². The Balaban J connectivity index is 4.20. The van der Waals surface area contributed by atoms with Gasteiger partial charge in [0.1, 0.15) is 5.60 Å². The molecule has 0 spiro atoms. The fraction of sp³-hybridized carbons (Fsp3) is 0.727. The van der Waals surface area contributed by atoms with E-state index < -0.39 is 5.60 Å². The second-order valence-electron chi connectivity index (χ2n) is 4.35. The molecule has 0 aromatic carbocycles. The van der Waals surface area contributed by atoms with Crippen molar-refractivity contribution >= 4 is 6.09 Å². The maximum absolute atomic E-state index is 11.5. The van der Waals surface area contributed by atoms with Gasteiger partial charge in [-0.15, -0.1) is 12.3 Å². The molecule has 0 aromatic rings. The van der Waals surface area contributed by atoms with E-state index in [0.717, 1.165) is 0 Å². The zero-order valence-corrected chi connectivity index (χ0v) is 9.63. The molecule has 1 atom stereocenters. The van der Waals surface area contributed by atoms with Gasteiger partial charge in [0.05, 0.1) is 0 Å². The quantitative estimate of drug-likeness (QED) is 0.635. The van der Waals surface area contributed by atoms with Crippen LogP contribution in [0, 0.1) is 12.3 Å². The lowest BCUT2D eigenvalue weighted by Crippen LogP contribution is -2.39. The number of carbonyl (C=O) groups is 1. The first-order valence-corrected chi connectivity index (χ1v) is 4.67. The van der Waals surface area contributed by atoms with Crippen LogP contribution in [0.1, 0.15) is 34.1 Å². The Morgan fingerprint density at radius 2 is 2.07 bits per heavy atom. The summed E-state index contributed by atoms with van der Waals surface area (Å²) in [5, 5.41) is 0. The predicted molar refractivity (Wildman–Crippen MR) is 56.9 cm³/mol. The molecule has 0 fully saturated rings. The fourth-order valence-corrected chi connectivity index (χ4v) is 0.821. The van der Waals surface area contributed by atoms with E-state index in [1.807, 2.05) is 27.7 Å². The van der Waals surface area contributed by atoms with Gasteiger partial charge in [0.25, 0.3) is 0 Å². The molecule has 0 saturated carbocycles. The highest BCUT2D eigenvalue weighted by Gasteiger charge is 2.22. The number of hydrogen-bond acceptors (Lipinski definition) is 2. The summed E-state index contributed by atoms with van der Waals surface area (Å²) in [5.74, 6) is 2.52. The minimum Gasteiger partial charge on any atom is -0.444 e. The topological polar surface area (TPSA) is 29.5 Å². The molecule has 0 radical (unpaired) electrons. The van der Waals surface area contributed by atoms with Gasteiger partial charge < -0.3 is 9.64 Å². The van der Waals surface area contributed by atoms with Crippen molar-refractivity contribution in [2.45, 2.75) is 45.8 Å². The normalized spacial score (nSPS) is 12.9. The van der Waals surface area contributed by atoms with Crippen LogP contribution in [0.25, 0.3) is 0 Å². The minimum atomic E-state index is -0.457. The highest BCUT2D eigenvalue weighted by molar-refractivity contribution is 5.68. The fourth-order valence-electron chi connectivity index (χ4n) is 0.821. The number of terminal acetylenes is 1. The van der Waals surface area contributed by atoms with Crippen LogP contribution in [0.2, 0.25) is 0 Å². The van der Waals surface area contributed by atoms with E-state index in [1.54, 1.807) is 7.05 Å². The number of nitrogens with zero attached hydrogens (tertiary/aromatic N) is 1. The Morgan fingerprint density at radius 1 is 1.57 bits per heavy atom. The number of carbonyl (C=O) groups excluding carboxylic acids is 1. The van der Waals surface area contributed by atoms with Crippen molar-refractivity contribution < 1.29 is 9.53 Å². The highest BCUT2D eigenvalue weighted by Crippen LogP contribution is 2.11. The summed E-state index contributed by atoms with van der Waals surface area (Å²) < 4.78 is 5.19. The molecule has 0 saturated heterocycles. The van der Waals surface area contributed by atoms with Crippen LogP contribution in [0.5, 0.6) is 0 Å². The summed E-state index contributed by atoms with van der Waals surface area (Å²) in [6.07, 6.45) is 5.37. The molecule has 0 aliphatic heterocycles. The molecule has 14 heavy (non-hydrogen) atoms. The van der Waals surface area contributed by atoms with E-state index in [1.165, 1.54) is 4.90 Å². The van der Waals surface area contributed by atoms with E-state index >= 15 is 0 Å². The first-order chi connectivity index (χ1) is 6.28. The Kier molecular flexibility index (Phi) is 4.49. The summed E-state index contributed by atoms with van der Waals surface area (Å²) in [4.78, 5) is 13.0. The summed E-state index contributed by atoms with van der Waals surface area (Å²) in [5.41, 5.74) is -0.457. The number of ether oxygens (including phenoxy) is 1. The van der Waals surface area contributed by atoms with Crippen LogP contribution >= 0.6 is 0 Å². The molecule has 1 amide bonds. The third-order valence-corrected chi connectivity index (χ3v) is 1.76. The average molecular weight is 197 g/mol. The standard InChI is InChI=1S/C11H19NO2/c1-7-8-9(2)12(6)10(13)14-11(3,4)5/h1,9H,8H2,2-6H3. The van der Waals surface area contributed by atoms with Crippen LogP contribution in [0.15, 0.2) is 0 Å². The van der Waals surface area contributed by atoms with Crippen molar-refractivity contribution in [3.8, 4) is 12.3 Å². The third-order valence-electron chi connectivity index (χ3n) is 1.76. The van der Waals surface area contributed by atoms with E-state index in [2.05, 4.69) is 5.92 Å². The van der Waals surface area contributed by atoms with Gasteiger partial charge in [-0.25, -0.2) is 4.79 Å². The third kappa shape index (κ3) is 4.76. The predicted octanol–water partition coefficient (Wildman–Crippen LogP) is 2.27. The zero-order chi connectivity index (χ0) is 11.4. The molecule has 0 bridgehead atoms. The largest absolute Gasteiger partial charge is 0.444 e. The molecular weight excluding hydrogens is 178 g/mol. The molecule has 0 heterocycles. The number of rotatable bonds is 2. The van der Waals surface area contributed by atoms with Crippen molar-refractivity contribution in [1.82, 2.24) is 4.90 Å². The lowest BCUT2D eigenvalue weighted by Gasteiger charge is -2.27. The Bertz CT molecular complexity index is 235. The van der Waals surface area contributed by atoms with Gasteiger partial charge in [-0.05, 0) is 27.7 Å². The molecule has 0 N–H and O–H groups in total. The molecule has 3 nitrogen and oxygen atoms in total. The van der Waals surface area contributed by atoms with E-state index in [9.17, 15) is 4.79 Å². The number of hydrogen-bond donors (Lipinski definition) is 0. The van der Waals surface area contributed by atoms with E-state index in [0.29, 0.717) is 6.42 Å². The molecule has 0 aliphatic rings. The van der Waals surface area contributed by atoms with Crippen LogP contribution in [0.3, 0.4) is 0 Å². The van der Waals surface area contributed by atoms with Crippen LogP contribution < -0.4 is 0 Å². The molecule has 3 heteroatoms. The van der Waals surface area contributed by atoms with Crippen molar-refractivity contribution in [3.05, 3.63) is 0 Å². The first-order valence-electron chi connectivity index (χ1n) is 4.67. The van der Waals surface area contributed by atoms with Crippen molar-refractivity contribution in [2.75, 3.05) is 7.05 Å². The SMILES string of the molecule is C#CCC(C)N(C)C(=O)OC(C)(C)C. The zero-order valence-electron chi connectivity index (χ0n) is 9.63. The van der Waals surface area contributed by atoms with Gasteiger partial charge >= 0.3 is 6.09 Å². The van der Waals surface area contributed by atoms with Gasteiger partial charge in [0.2, 0.25) is 0 Å². The Labute approximate surface area is 86.4 Å². The Morgan fingerprint density at radius 3 is 2.43 bits per heavy atom. The van der Waals surface area contributed by atoms with Crippen LogP contribution in [0.4, 0.5) is 4.79 Å².